The minimum absolute atomic E-state index is 0.173. The molecule has 0 aromatic carbocycles. The smallest absolute Gasteiger partial charge is 0.161 e. The fourth-order valence-electron chi connectivity index (χ4n) is 1.27. The Bertz CT molecular complexity index is 223. The number of hydrogen-bond donors (Lipinski definition) is 0. The topological polar surface area (TPSA) is 17.1 Å². The van der Waals surface area contributed by atoms with Crippen LogP contribution in [0.15, 0.2) is 23.8 Å². The third-order valence-electron chi connectivity index (χ3n) is 2.49. The molecule has 0 radical (unpaired) electrons. The van der Waals surface area contributed by atoms with Gasteiger partial charge in [-0.25, -0.2) is 0 Å². The Morgan fingerprint density at radius 2 is 2.00 bits per heavy atom. The van der Waals surface area contributed by atoms with Gasteiger partial charge in [-0.1, -0.05) is 39.0 Å². The Morgan fingerprint density at radius 3 is 2.43 bits per heavy atom. The van der Waals surface area contributed by atoms with Crippen molar-refractivity contribution in [2.75, 3.05) is 0 Å². The van der Waals surface area contributed by atoms with E-state index in [2.05, 4.69) is 19.1 Å². The molecule has 0 fully saturated rings. The fraction of sp³-hybridized carbons (Fsp3) is 0.615. The van der Waals surface area contributed by atoms with Crippen molar-refractivity contribution in [1.82, 2.24) is 0 Å². The Morgan fingerprint density at radius 1 is 1.36 bits per heavy atom. The van der Waals surface area contributed by atoms with Crippen LogP contribution in [0.5, 0.6) is 0 Å². The van der Waals surface area contributed by atoms with E-state index in [9.17, 15) is 4.79 Å². The Labute approximate surface area is 87.9 Å². The quantitative estimate of drug-likeness (QED) is 0.463. The van der Waals surface area contributed by atoms with Crippen molar-refractivity contribution in [3.63, 3.8) is 0 Å². The molecule has 1 unspecified atom stereocenters. The summed E-state index contributed by atoms with van der Waals surface area (Å²) in [7, 11) is 0. The zero-order valence-electron chi connectivity index (χ0n) is 9.84. The van der Waals surface area contributed by atoms with Crippen LogP contribution >= 0.6 is 0 Å². The molecular formula is C13H22O. The van der Waals surface area contributed by atoms with E-state index in [-0.39, 0.29) is 5.92 Å². The number of carbonyl (C=O) groups is 1. The second-order valence-electron chi connectivity index (χ2n) is 3.56. The summed E-state index contributed by atoms with van der Waals surface area (Å²) >= 11 is 0. The van der Waals surface area contributed by atoms with Crippen LogP contribution < -0.4 is 0 Å². The largest absolute Gasteiger partial charge is 0.294 e. The van der Waals surface area contributed by atoms with E-state index >= 15 is 0 Å². The normalized spacial score (nSPS) is 14.7. The maximum Gasteiger partial charge on any atom is 0.161 e. The van der Waals surface area contributed by atoms with E-state index in [4.69, 9.17) is 0 Å². The van der Waals surface area contributed by atoms with Crippen molar-refractivity contribution in [1.29, 1.82) is 0 Å². The first-order chi connectivity index (χ1) is 6.67. The number of rotatable bonds is 6. The summed E-state index contributed by atoms with van der Waals surface area (Å²) in [6.07, 6.45) is 8.79. The number of ketones is 1. The molecule has 1 nitrogen and oxygen atoms in total. The average Bonchev–Trinajstić information content (AvgIpc) is 2.22. The first-order valence-electron chi connectivity index (χ1n) is 5.51. The lowest BCUT2D eigenvalue weighted by molar-refractivity contribution is -0.118. The SMILES string of the molecule is C/C=C\C/C=C(\CC)C(=O)C(C)CC. The molecule has 0 aromatic rings. The minimum Gasteiger partial charge on any atom is -0.294 e. The van der Waals surface area contributed by atoms with E-state index in [1.54, 1.807) is 0 Å². The zero-order chi connectivity index (χ0) is 11.0. The summed E-state index contributed by atoms with van der Waals surface area (Å²) in [5.41, 5.74) is 0.984. The third-order valence-corrected chi connectivity index (χ3v) is 2.49. The zero-order valence-corrected chi connectivity index (χ0v) is 9.84. The van der Waals surface area contributed by atoms with Crippen LogP contribution in [-0.4, -0.2) is 5.78 Å². The third kappa shape index (κ3) is 4.40. The molecule has 1 atom stereocenters. The van der Waals surface area contributed by atoms with Gasteiger partial charge in [-0.2, -0.15) is 0 Å². The number of Topliss-reactive ketones (excluding diaryl/α,β-unsaturated/α-hetero) is 1. The van der Waals surface area contributed by atoms with Crippen molar-refractivity contribution in [3.05, 3.63) is 23.8 Å². The maximum absolute atomic E-state index is 11.8. The molecule has 0 spiro atoms. The van der Waals surface area contributed by atoms with Gasteiger partial charge >= 0.3 is 0 Å². The van der Waals surface area contributed by atoms with Crippen LogP contribution in [-0.2, 0) is 4.79 Å². The van der Waals surface area contributed by atoms with Crippen LogP contribution in [0.3, 0.4) is 0 Å². The lowest BCUT2D eigenvalue weighted by atomic mass is 9.95. The highest BCUT2D eigenvalue weighted by molar-refractivity contribution is 5.96. The standard InChI is InChI=1S/C13H22O/c1-5-8-9-10-12(7-3)13(14)11(4)6-2/h5,8,10-11H,6-7,9H2,1-4H3/b8-5-,12-10+. The average molecular weight is 194 g/mol. The van der Waals surface area contributed by atoms with Gasteiger partial charge in [0.05, 0.1) is 0 Å². The van der Waals surface area contributed by atoms with E-state index < -0.39 is 0 Å². The van der Waals surface area contributed by atoms with Gasteiger partial charge in [0, 0.05) is 5.92 Å². The fourth-order valence-corrected chi connectivity index (χ4v) is 1.27. The van der Waals surface area contributed by atoms with E-state index in [1.165, 1.54) is 0 Å². The molecule has 0 aliphatic heterocycles. The first kappa shape index (κ1) is 13.2. The van der Waals surface area contributed by atoms with Crippen molar-refractivity contribution >= 4 is 5.78 Å². The van der Waals surface area contributed by atoms with Gasteiger partial charge in [-0.3, -0.25) is 4.79 Å². The molecule has 0 N–H and O–H groups in total. The summed E-state index contributed by atoms with van der Waals surface area (Å²) in [4.78, 5) is 11.8. The molecule has 0 heterocycles. The molecule has 0 aromatic heterocycles. The summed E-state index contributed by atoms with van der Waals surface area (Å²) in [5.74, 6) is 0.492. The summed E-state index contributed by atoms with van der Waals surface area (Å²) in [5, 5.41) is 0. The second-order valence-corrected chi connectivity index (χ2v) is 3.56. The first-order valence-corrected chi connectivity index (χ1v) is 5.51. The molecule has 0 saturated heterocycles. The predicted molar refractivity (Wildman–Crippen MR) is 62.3 cm³/mol. The van der Waals surface area contributed by atoms with Crippen molar-refractivity contribution in [2.24, 2.45) is 5.92 Å². The number of carbonyl (C=O) groups excluding carboxylic acids is 1. The van der Waals surface area contributed by atoms with E-state index in [0.717, 1.165) is 24.8 Å². The number of hydrogen-bond acceptors (Lipinski definition) is 1. The van der Waals surface area contributed by atoms with Gasteiger partial charge in [0.15, 0.2) is 5.78 Å². The highest BCUT2D eigenvalue weighted by Gasteiger charge is 2.13. The van der Waals surface area contributed by atoms with Gasteiger partial charge in [-0.15, -0.1) is 0 Å². The molecule has 0 saturated carbocycles. The Hall–Kier alpha value is -0.850. The van der Waals surface area contributed by atoms with Gasteiger partial charge in [0.1, 0.15) is 0 Å². The van der Waals surface area contributed by atoms with Gasteiger partial charge < -0.3 is 0 Å². The van der Waals surface area contributed by atoms with Crippen LogP contribution in [0.1, 0.15) is 47.0 Å². The predicted octanol–water partition coefficient (Wildman–Crippen LogP) is 3.90. The molecule has 14 heavy (non-hydrogen) atoms. The maximum atomic E-state index is 11.8. The molecule has 0 amide bonds. The highest BCUT2D eigenvalue weighted by atomic mass is 16.1. The van der Waals surface area contributed by atoms with Crippen molar-refractivity contribution in [2.45, 2.75) is 47.0 Å². The van der Waals surface area contributed by atoms with Gasteiger partial charge in [0.2, 0.25) is 0 Å². The van der Waals surface area contributed by atoms with E-state index in [1.807, 2.05) is 26.8 Å². The van der Waals surface area contributed by atoms with E-state index in [0.29, 0.717) is 5.78 Å². The van der Waals surface area contributed by atoms with Crippen LogP contribution in [0.2, 0.25) is 0 Å². The van der Waals surface area contributed by atoms with Crippen LogP contribution in [0, 0.1) is 5.92 Å². The lowest BCUT2D eigenvalue weighted by Gasteiger charge is -2.09. The second kappa shape index (κ2) is 7.54. The van der Waals surface area contributed by atoms with Gasteiger partial charge in [0.25, 0.3) is 0 Å². The monoisotopic (exact) mass is 194 g/mol. The summed E-state index contributed by atoms with van der Waals surface area (Å²) in [6, 6.07) is 0. The van der Waals surface area contributed by atoms with Crippen molar-refractivity contribution < 1.29 is 4.79 Å². The minimum atomic E-state index is 0.173. The molecule has 1 heteroatoms. The molecule has 0 bridgehead atoms. The molecule has 0 aliphatic carbocycles. The Kier molecular flexibility index (Phi) is 7.09. The summed E-state index contributed by atoms with van der Waals surface area (Å²) < 4.78 is 0. The molecular weight excluding hydrogens is 172 g/mol. The Balaban J connectivity index is 4.39. The van der Waals surface area contributed by atoms with Crippen molar-refractivity contribution in [3.8, 4) is 0 Å². The van der Waals surface area contributed by atoms with Crippen LogP contribution in [0.4, 0.5) is 0 Å². The number of allylic oxidation sites excluding steroid dienone is 4. The summed E-state index contributed by atoms with van der Waals surface area (Å²) in [6.45, 7) is 8.10. The van der Waals surface area contributed by atoms with Crippen LogP contribution in [0.25, 0.3) is 0 Å². The van der Waals surface area contributed by atoms with Gasteiger partial charge in [-0.05, 0) is 31.8 Å². The molecule has 0 rings (SSSR count). The molecule has 80 valence electrons. The lowest BCUT2D eigenvalue weighted by Crippen LogP contribution is -2.12. The highest BCUT2D eigenvalue weighted by Crippen LogP contribution is 2.13. The molecule has 0 aliphatic rings.